The third-order valence-corrected chi connectivity index (χ3v) is 3.90. The van der Waals surface area contributed by atoms with Gasteiger partial charge in [0.15, 0.2) is 0 Å². The van der Waals surface area contributed by atoms with Gasteiger partial charge in [-0.05, 0) is 62.7 Å². The molecule has 116 valence electrons. The number of hydrogen-bond acceptors (Lipinski definition) is 4. The van der Waals surface area contributed by atoms with E-state index in [0.717, 1.165) is 33.3 Å². The number of benzene rings is 2. The second-order valence-corrected chi connectivity index (χ2v) is 5.81. The van der Waals surface area contributed by atoms with Crippen LogP contribution < -0.4 is 5.84 Å². The van der Waals surface area contributed by atoms with Crippen molar-refractivity contribution in [3.8, 4) is 5.75 Å². The molecule has 0 aliphatic rings. The average Bonchev–Trinajstić information content (AvgIpc) is 2.51. The zero-order valence-electron chi connectivity index (χ0n) is 13.5. The molecule has 3 N–H and O–H groups in total. The Balaban J connectivity index is 2.31. The first kappa shape index (κ1) is 15.0. The maximum absolute atomic E-state index is 9.49. The second kappa shape index (κ2) is 5.72. The van der Waals surface area contributed by atoms with Gasteiger partial charge in [0.05, 0.1) is 11.2 Å². The topological polar surface area (TPSA) is 71.5 Å². The highest BCUT2D eigenvalue weighted by atomic mass is 16.3. The number of rotatable bonds is 2. The summed E-state index contributed by atoms with van der Waals surface area (Å²) >= 11 is 0. The third-order valence-electron chi connectivity index (χ3n) is 3.90. The maximum Gasteiger partial charge on any atom is 0.115 e. The van der Waals surface area contributed by atoms with Crippen molar-refractivity contribution < 1.29 is 5.11 Å². The molecule has 0 unspecified atom stereocenters. The fourth-order valence-electron chi connectivity index (χ4n) is 2.92. The molecule has 3 rings (SSSR count). The lowest BCUT2D eigenvalue weighted by atomic mass is 9.95. The number of phenolic OH excluding ortho intramolecular Hbond substituents is 1. The van der Waals surface area contributed by atoms with Crippen molar-refractivity contribution in [3.63, 3.8) is 0 Å². The minimum Gasteiger partial charge on any atom is -0.508 e. The van der Waals surface area contributed by atoms with Crippen LogP contribution in [-0.4, -0.2) is 15.8 Å². The van der Waals surface area contributed by atoms with Crippen molar-refractivity contribution in [2.75, 3.05) is 0 Å². The van der Waals surface area contributed by atoms with Gasteiger partial charge in [0.25, 0.3) is 0 Å². The van der Waals surface area contributed by atoms with Gasteiger partial charge < -0.3 is 10.9 Å². The summed E-state index contributed by atoms with van der Waals surface area (Å²) in [5.74, 6) is 5.91. The smallest absolute Gasteiger partial charge is 0.115 e. The molecule has 0 atom stereocenters. The zero-order chi connectivity index (χ0) is 16.6. The van der Waals surface area contributed by atoms with Crippen molar-refractivity contribution in [3.05, 3.63) is 70.4 Å². The molecular weight excluding hydrogens is 286 g/mol. The predicted octanol–water partition coefficient (Wildman–Crippen LogP) is 3.58. The first-order valence-electron chi connectivity index (χ1n) is 7.46. The van der Waals surface area contributed by atoms with Crippen LogP contribution in [0.3, 0.4) is 0 Å². The molecule has 4 nitrogen and oxygen atoms in total. The van der Waals surface area contributed by atoms with Crippen LogP contribution in [-0.2, 0) is 0 Å². The number of aryl methyl sites for hydroxylation is 3. The van der Waals surface area contributed by atoms with Gasteiger partial charge in [-0.2, -0.15) is 5.10 Å². The van der Waals surface area contributed by atoms with Crippen LogP contribution in [0.25, 0.3) is 10.9 Å². The molecule has 0 saturated heterocycles. The standard InChI is InChI=1S/C19H19N3O/c1-11-8-12(2)18-16(9-11)17(10-13(3)21-18)19(22-20)14-4-6-15(23)7-5-14/h4-10,23H,20H2,1-3H3/b22-19+. The number of hydrogen-bond donors (Lipinski definition) is 2. The molecular formula is C19H19N3O. The number of nitrogens with zero attached hydrogens (tertiary/aromatic N) is 2. The van der Waals surface area contributed by atoms with Crippen LogP contribution >= 0.6 is 0 Å². The lowest BCUT2D eigenvalue weighted by Gasteiger charge is -2.13. The van der Waals surface area contributed by atoms with E-state index < -0.39 is 0 Å². The summed E-state index contributed by atoms with van der Waals surface area (Å²) < 4.78 is 0. The Kier molecular flexibility index (Phi) is 3.74. The first-order valence-corrected chi connectivity index (χ1v) is 7.46. The van der Waals surface area contributed by atoms with Gasteiger partial charge in [0.2, 0.25) is 0 Å². The van der Waals surface area contributed by atoms with E-state index in [-0.39, 0.29) is 5.75 Å². The van der Waals surface area contributed by atoms with Crippen molar-refractivity contribution in [2.45, 2.75) is 20.8 Å². The molecule has 0 bridgehead atoms. The van der Waals surface area contributed by atoms with Gasteiger partial charge in [-0.15, -0.1) is 0 Å². The molecule has 4 heteroatoms. The minimum atomic E-state index is 0.215. The van der Waals surface area contributed by atoms with E-state index >= 15 is 0 Å². The number of pyridine rings is 1. The highest BCUT2D eigenvalue weighted by molar-refractivity contribution is 6.19. The maximum atomic E-state index is 9.49. The molecule has 2 aromatic carbocycles. The number of phenols is 1. The Morgan fingerprint density at radius 1 is 1.04 bits per heavy atom. The number of aromatic hydroxyl groups is 1. The fraction of sp³-hybridized carbons (Fsp3) is 0.158. The van der Waals surface area contributed by atoms with Crippen LogP contribution in [0.1, 0.15) is 27.9 Å². The molecule has 3 aromatic rings. The van der Waals surface area contributed by atoms with Crippen molar-refractivity contribution in [1.29, 1.82) is 0 Å². The summed E-state index contributed by atoms with van der Waals surface area (Å²) in [7, 11) is 0. The van der Waals surface area contributed by atoms with Gasteiger partial charge in [0, 0.05) is 22.2 Å². The van der Waals surface area contributed by atoms with E-state index in [2.05, 4.69) is 36.1 Å². The van der Waals surface area contributed by atoms with Crippen LogP contribution in [0.15, 0.2) is 47.6 Å². The predicted molar refractivity (Wildman–Crippen MR) is 93.9 cm³/mol. The van der Waals surface area contributed by atoms with Gasteiger partial charge in [-0.3, -0.25) is 4.98 Å². The SMILES string of the molecule is Cc1cc(C)c2nc(C)cc(/C(=N/N)c3ccc(O)cc3)c2c1. The van der Waals surface area contributed by atoms with Crippen LogP contribution in [0.4, 0.5) is 0 Å². The molecule has 0 fully saturated rings. The lowest BCUT2D eigenvalue weighted by molar-refractivity contribution is 0.475. The molecule has 0 amide bonds. The normalized spacial score (nSPS) is 11.9. The van der Waals surface area contributed by atoms with E-state index in [0.29, 0.717) is 5.71 Å². The van der Waals surface area contributed by atoms with E-state index in [1.54, 1.807) is 12.1 Å². The third kappa shape index (κ3) is 2.75. The number of aromatic nitrogens is 1. The number of hydrazone groups is 1. The molecule has 0 spiro atoms. The fourth-order valence-corrected chi connectivity index (χ4v) is 2.92. The number of fused-ring (bicyclic) bond motifs is 1. The summed E-state index contributed by atoms with van der Waals surface area (Å²) in [6, 6.07) is 13.1. The Morgan fingerprint density at radius 2 is 1.74 bits per heavy atom. The molecule has 0 aliphatic heterocycles. The minimum absolute atomic E-state index is 0.215. The lowest BCUT2D eigenvalue weighted by Crippen LogP contribution is -2.09. The van der Waals surface area contributed by atoms with Gasteiger partial charge >= 0.3 is 0 Å². The van der Waals surface area contributed by atoms with Crippen LogP contribution in [0.2, 0.25) is 0 Å². The van der Waals surface area contributed by atoms with Crippen LogP contribution in [0, 0.1) is 20.8 Å². The van der Waals surface area contributed by atoms with E-state index in [4.69, 9.17) is 5.84 Å². The highest BCUT2D eigenvalue weighted by Crippen LogP contribution is 2.26. The molecule has 0 saturated carbocycles. The molecule has 1 heterocycles. The first-order chi connectivity index (χ1) is 11.0. The zero-order valence-corrected chi connectivity index (χ0v) is 13.5. The Morgan fingerprint density at radius 3 is 2.39 bits per heavy atom. The molecule has 0 radical (unpaired) electrons. The van der Waals surface area contributed by atoms with Gasteiger partial charge in [0.1, 0.15) is 5.75 Å². The monoisotopic (exact) mass is 305 g/mol. The van der Waals surface area contributed by atoms with Crippen molar-refractivity contribution >= 4 is 16.6 Å². The Bertz CT molecular complexity index is 912. The van der Waals surface area contributed by atoms with E-state index in [1.807, 2.05) is 25.1 Å². The quantitative estimate of drug-likeness (QED) is 0.432. The number of nitrogens with two attached hydrogens (primary N) is 1. The van der Waals surface area contributed by atoms with Crippen LogP contribution in [0.5, 0.6) is 5.75 Å². The molecule has 1 aromatic heterocycles. The summed E-state index contributed by atoms with van der Waals surface area (Å²) in [5, 5.41) is 14.5. The molecule has 23 heavy (non-hydrogen) atoms. The van der Waals surface area contributed by atoms with Gasteiger partial charge in [-0.25, -0.2) is 0 Å². The Labute approximate surface area is 135 Å². The van der Waals surface area contributed by atoms with Gasteiger partial charge in [-0.1, -0.05) is 11.6 Å². The van der Waals surface area contributed by atoms with Crippen molar-refractivity contribution in [2.24, 2.45) is 10.9 Å². The average molecular weight is 305 g/mol. The summed E-state index contributed by atoms with van der Waals surface area (Å²) in [6.07, 6.45) is 0. The van der Waals surface area contributed by atoms with E-state index in [9.17, 15) is 5.11 Å². The highest BCUT2D eigenvalue weighted by Gasteiger charge is 2.14. The summed E-state index contributed by atoms with van der Waals surface area (Å²) in [5.41, 5.74) is 6.68. The Hall–Kier alpha value is -2.88. The second-order valence-electron chi connectivity index (χ2n) is 5.81. The molecule has 0 aliphatic carbocycles. The van der Waals surface area contributed by atoms with E-state index in [1.165, 1.54) is 5.56 Å². The summed E-state index contributed by atoms with van der Waals surface area (Å²) in [4.78, 5) is 4.67. The summed E-state index contributed by atoms with van der Waals surface area (Å²) in [6.45, 7) is 6.09. The largest absolute Gasteiger partial charge is 0.508 e. The van der Waals surface area contributed by atoms with Crippen molar-refractivity contribution in [1.82, 2.24) is 4.98 Å².